The van der Waals surface area contributed by atoms with Crippen molar-refractivity contribution >= 4 is 34.2 Å². The van der Waals surface area contributed by atoms with E-state index in [0.717, 1.165) is 42.7 Å². The quantitative estimate of drug-likeness (QED) is 0.185. The van der Waals surface area contributed by atoms with E-state index < -0.39 is 29.1 Å². The van der Waals surface area contributed by atoms with Crippen LogP contribution in [-0.2, 0) is 6.18 Å². The van der Waals surface area contributed by atoms with Gasteiger partial charge >= 0.3 is 6.18 Å². The Morgan fingerprint density at radius 2 is 1.78 bits per heavy atom. The van der Waals surface area contributed by atoms with Crippen molar-refractivity contribution < 1.29 is 31.9 Å². The average Bonchev–Trinajstić information content (AvgIpc) is 3.25. The number of halogens is 4. The third-order valence-corrected chi connectivity index (χ3v) is 7.28. The zero-order valence-electron chi connectivity index (χ0n) is 22.4. The molecule has 1 amide bonds. The number of alkyl halides is 3. The van der Waals surface area contributed by atoms with Crippen LogP contribution in [0.15, 0.2) is 69.9 Å². The van der Waals surface area contributed by atoms with Gasteiger partial charge in [0, 0.05) is 10.7 Å². The Morgan fingerprint density at radius 3 is 2.51 bits per heavy atom. The summed E-state index contributed by atoms with van der Waals surface area (Å²) in [6.45, 7) is 2.60. The molecule has 1 unspecified atom stereocenters. The summed E-state index contributed by atoms with van der Waals surface area (Å²) in [5.41, 5.74) is -0.917. The van der Waals surface area contributed by atoms with Crippen molar-refractivity contribution in [3.05, 3.63) is 98.4 Å². The van der Waals surface area contributed by atoms with Crippen molar-refractivity contribution in [2.45, 2.75) is 44.8 Å². The molecule has 0 spiro atoms. The van der Waals surface area contributed by atoms with Crippen molar-refractivity contribution in [3.8, 4) is 11.5 Å². The second-order valence-electron chi connectivity index (χ2n) is 9.76. The van der Waals surface area contributed by atoms with Crippen LogP contribution in [0.1, 0.15) is 65.9 Å². The van der Waals surface area contributed by atoms with Crippen LogP contribution in [0.2, 0.25) is 5.02 Å². The zero-order valence-corrected chi connectivity index (χ0v) is 23.1. The van der Waals surface area contributed by atoms with Crippen LogP contribution in [0.3, 0.4) is 0 Å². The number of hydrogen-bond donors (Lipinski definition) is 0. The molecule has 0 bridgehead atoms. The minimum atomic E-state index is -4.64. The largest absolute Gasteiger partial charge is 0.493 e. The Labute approximate surface area is 239 Å². The number of methoxy groups -OCH3 is 1. The third-order valence-electron chi connectivity index (χ3n) is 7.04. The number of hydrogen-bond acceptors (Lipinski definition) is 5. The predicted octanol–water partition coefficient (Wildman–Crippen LogP) is 8.18. The number of anilines is 1. The molecule has 3 aromatic carbocycles. The van der Waals surface area contributed by atoms with Crippen molar-refractivity contribution in [2.75, 3.05) is 18.6 Å². The minimum absolute atomic E-state index is 0.00235. The van der Waals surface area contributed by atoms with Crippen molar-refractivity contribution in [1.29, 1.82) is 0 Å². The number of carbonyl (C=O) groups excluding carboxylic acids is 1. The van der Waals surface area contributed by atoms with E-state index in [1.165, 1.54) is 37.4 Å². The van der Waals surface area contributed by atoms with Crippen LogP contribution >= 0.6 is 11.6 Å². The van der Waals surface area contributed by atoms with Crippen LogP contribution in [0.4, 0.5) is 18.9 Å². The van der Waals surface area contributed by atoms with E-state index in [1.54, 1.807) is 18.2 Å². The van der Waals surface area contributed by atoms with Gasteiger partial charge in [-0.1, -0.05) is 49.9 Å². The minimum Gasteiger partial charge on any atom is -0.493 e. The molecule has 2 heterocycles. The van der Waals surface area contributed by atoms with Crippen molar-refractivity contribution in [3.63, 3.8) is 0 Å². The summed E-state index contributed by atoms with van der Waals surface area (Å²) in [4.78, 5) is 28.7. The molecule has 0 radical (unpaired) electrons. The fraction of sp³-hybridized carbons (Fsp3) is 0.290. The molecule has 10 heteroatoms. The maximum Gasteiger partial charge on any atom is 0.416 e. The molecule has 0 fully saturated rings. The van der Waals surface area contributed by atoms with E-state index in [9.17, 15) is 22.8 Å². The van der Waals surface area contributed by atoms with E-state index in [1.807, 2.05) is 0 Å². The molecule has 214 valence electrons. The fourth-order valence-corrected chi connectivity index (χ4v) is 5.22. The Balaban J connectivity index is 1.65. The molecule has 1 aliphatic rings. The molecule has 6 nitrogen and oxygen atoms in total. The van der Waals surface area contributed by atoms with Crippen LogP contribution in [0.25, 0.3) is 11.0 Å². The molecule has 1 atom stereocenters. The molecule has 0 saturated heterocycles. The van der Waals surface area contributed by atoms with Crippen LogP contribution < -0.4 is 19.8 Å². The lowest BCUT2D eigenvalue weighted by Gasteiger charge is -2.26. The number of fused-ring (bicyclic) bond motifs is 2. The van der Waals surface area contributed by atoms with Gasteiger partial charge in [-0.05, 0) is 60.5 Å². The molecule has 0 aliphatic carbocycles. The van der Waals surface area contributed by atoms with Crippen molar-refractivity contribution in [1.82, 2.24) is 0 Å². The smallest absolute Gasteiger partial charge is 0.416 e. The van der Waals surface area contributed by atoms with Gasteiger partial charge < -0.3 is 13.9 Å². The summed E-state index contributed by atoms with van der Waals surface area (Å²) in [6, 6.07) is 12.7. The lowest BCUT2D eigenvalue weighted by molar-refractivity contribution is -0.137. The maximum atomic E-state index is 13.8. The molecule has 5 rings (SSSR count). The number of rotatable bonds is 9. The SMILES string of the molecule is CCCCCCOc1ccc(C2c3c(oc4ccc(Cl)cc4c3=O)C(=O)N2c2cccc(C(F)(F)F)c2)cc1OC. The highest BCUT2D eigenvalue weighted by atomic mass is 35.5. The Morgan fingerprint density at radius 1 is 0.976 bits per heavy atom. The van der Waals surface area contributed by atoms with Gasteiger partial charge in [-0.15, -0.1) is 0 Å². The third kappa shape index (κ3) is 5.51. The summed E-state index contributed by atoms with van der Waals surface area (Å²) in [5.74, 6) is -0.160. The van der Waals surface area contributed by atoms with Crippen LogP contribution in [0.5, 0.6) is 11.5 Å². The first-order valence-electron chi connectivity index (χ1n) is 13.2. The summed E-state index contributed by atoms with van der Waals surface area (Å²) >= 11 is 6.14. The summed E-state index contributed by atoms with van der Waals surface area (Å²) in [5, 5.41) is 0.446. The molecular weight excluding hydrogens is 559 g/mol. The van der Waals surface area contributed by atoms with Crippen molar-refractivity contribution in [2.24, 2.45) is 0 Å². The Kier molecular flexibility index (Phi) is 8.00. The summed E-state index contributed by atoms with van der Waals surface area (Å²) in [7, 11) is 1.46. The van der Waals surface area contributed by atoms with Crippen LogP contribution in [0, 0.1) is 0 Å². The number of benzene rings is 3. The van der Waals surface area contributed by atoms with E-state index in [2.05, 4.69) is 6.92 Å². The van der Waals surface area contributed by atoms with E-state index in [0.29, 0.717) is 28.7 Å². The highest BCUT2D eigenvalue weighted by molar-refractivity contribution is 6.31. The topological polar surface area (TPSA) is 69.0 Å². The first kappa shape index (κ1) is 28.5. The molecule has 1 aromatic heterocycles. The summed E-state index contributed by atoms with van der Waals surface area (Å²) in [6.07, 6.45) is -0.555. The van der Waals surface area contributed by atoms with Gasteiger partial charge in [-0.25, -0.2) is 0 Å². The molecular formula is C31H27ClF3NO5. The molecule has 4 aromatic rings. The lowest BCUT2D eigenvalue weighted by Crippen LogP contribution is -2.29. The van der Waals surface area contributed by atoms with E-state index in [-0.39, 0.29) is 28.0 Å². The Bertz CT molecular complexity index is 1670. The number of nitrogens with zero attached hydrogens (tertiary/aromatic N) is 1. The monoisotopic (exact) mass is 585 g/mol. The highest BCUT2D eigenvalue weighted by Crippen LogP contribution is 2.44. The lowest BCUT2D eigenvalue weighted by atomic mass is 9.97. The molecule has 0 N–H and O–H groups in total. The van der Waals surface area contributed by atoms with E-state index >= 15 is 0 Å². The Hall–Kier alpha value is -3.98. The second-order valence-corrected chi connectivity index (χ2v) is 10.2. The average molecular weight is 586 g/mol. The van der Waals surface area contributed by atoms with Gasteiger partial charge in [-0.3, -0.25) is 14.5 Å². The number of ether oxygens (including phenoxy) is 2. The first-order valence-corrected chi connectivity index (χ1v) is 13.6. The highest BCUT2D eigenvalue weighted by Gasteiger charge is 2.44. The second kappa shape index (κ2) is 11.5. The van der Waals surface area contributed by atoms with Gasteiger partial charge in [0.2, 0.25) is 5.76 Å². The van der Waals surface area contributed by atoms with Gasteiger partial charge in [0.1, 0.15) is 5.58 Å². The van der Waals surface area contributed by atoms with Gasteiger partial charge in [0.15, 0.2) is 16.9 Å². The number of carbonyl (C=O) groups is 1. The molecule has 0 saturated carbocycles. The van der Waals surface area contributed by atoms with Gasteiger partial charge in [0.05, 0.1) is 36.3 Å². The van der Waals surface area contributed by atoms with Crippen LogP contribution in [-0.4, -0.2) is 19.6 Å². The normalized spacial score (nSPS) is 14.9. The maximum absolute atomic E-state index is 13.8. The first-order chi connectivity index (χ1) is 19.6. The zero-order chi connectivity index (χ0) is 29.3. The predicted molar refractivity (Wildman–Crippen MR) is 150 cm³/mol. The van der Waals surface area contributed by atoms with Gasteiger partial charge in [0.25, 0.3) is 5.91 Å². The molecule has 1 aliphatic heterocycles. The number of amides is 1. The van der Waals surface area contributed by atoms with E-state index in [4.69, 9.17) is 25.5 Å². The fourth-order valence-electron chi connectivity index (χ4n) is 5.04. The molecule has 41 heavy (non-hydrogen) atoms. The standard InChI is InChI=1S/C31H27ClF3NO5/c1-3-4-5-6-14-40-24-12-10-18(15-25(24)39-2)27-26-28(37)22-17-20(32)11-13-23(22)41-29(26)30(38)36(27)21-9-7-8-19(16-21)31(33,34)35/h7-13,15-17,27H,3-6,14H2,1-2H3. The number of unbranched alkanes of at least 4 members (excludes halogenated alkanes) is 3. The summed E-state index contributed by atoms with van der Waals surface area (Å²) < 4.78 is 58.2. The van der Waals surface area contributed by atoms with Gasteiger partial charge in [-0.2, -0.15) is 13.2 Å².